The first-order chi connectivity index (χ1) is 7.98. The van der Waals surface area contributed by atoms with E-state index >= 15 is 0 Å². The minimum atomic E-state index is -2.97. The highest BCUT2D eigenvalue weighted by molar-refractivity contribution is 7.91. The van der Waals surface area contributed by atoms with Crippen molar-refractivity contribution in [3.05, 3.63) is 0 Å². The fraction of sp³-hybridized carbons (Fsp3) is 0.909. The van der Waals surface area contributed by atoms with E-state index in [0.29, 0.717) is 6.42 Å². The molecule has 0 aromatic rings. The van der Waals surface area contributed by atoms with Gasteiger partial charge in [0.15, 0.2) is 9.84 Å². The Hall–Kier alpha value is -0.620. The molecule has 2 saturated heterocycles. The summed E-state index contributed by atoms with van der Waals surface area (Å²) in [5, 5.41) is 6.29. The van der Waals surface area contributed by atoms with Gasteiger partial charge in [0.25, 0.3) is 0 Å². The van der Waals surface area contributed by atoms with Crippen molar-refractivity contribution >= 4 is 15.7 Å². The highest BCUT2D eigenvalue weighted by Gasteiger charge is 2.34. The van der Waals surface area contributed by atoms with E-state index in [1.165, 1.54) is 0 Å². The zero-order chi connectivity index (χ0) is 12.5. The largest absolute Gasteiger partial charge is 0.352 e. The van der Waals surface area contributed by atoms with Crippen LogP contribution in [0.1, 0.15) is 26.2 Å². The minimum Gasteiger partial charge on any atom is -0.352 e. The normalized spacial score (nSPS) is 36.6. The number of nitrogens with one attached hydrogen (secondary N) is 2. The standard InChI is InChI=1S/C11H20N2O3S/c1-8-10(3-2-5-12-8)13-11(14)9-4-6-17(15,16)7-9/h8-10,12H,2-7H2,1H3,(H,13,14). The number of piperidine rings is 1. The van der Waals surface area contributed by atoms with Crippen LogP contribution in [-0.2, 0) is 14.6 Å². The summed E-state index contributed by atoms with van der Waals surface area (Å²) < 4.78 is 22.6. The summed E-state index contributed by atoms with van der Waals surface area (Å²) in [6, 6.07) is 0.408. The van der Waals surface area contributed by atoms with Crippen molar-refractivity contribution in [2.45, 2.75) is 38.3 Å². The molecule has 2 aliphatic rings. The SMILES string of the molecule is CC1NCCCC1NC(=O)C1CCS(=O)(=O)C1. The fourth-order valence-electron chi connectivity index (χ4n) is 2.54. The quantitative estimate of drug-likeness (QED) is 0.713. The molecule has 0 bridgehead atoms. The molecule has 0 saturated carbocycles. The molecule has 0 aliphatic carbocycles. The molecular weight excluding hydrogens is 240 g/mol. The molecule has 2 rings (SSSR count). The highest BCUT2D eigenvalue weighted by atomic mass is 32.2. The molecule has 3 unspecified atom stereocenters. The molecule has 17 heavy (non-hydrogen) atoms. The molecule has 0 radical (unpaired) electrons. The van der Waals surface area contributed by atoms with Crippen LogP contribution in [0.4, 0.5) is 0 Å². The van der Waals surface area contributed by atoms with Gasteiger partial charge in [-0.3, -0.25) is 4.79 Å². The Bertz CT molecular complexity index is 394. The van der Waals surface area contributed by atoms with Gasteiger partial charge in [0.2, 0.25) is 5.91 Å². The van der Waals surface area contributed by atoms with Crippen LogP contribution in [0.15, 0.2) is 0 Å². The van der Waals surface area contributed by atoms with Crippen LogP contribution in [0, 0.1) is 5.92 Å². The van der Waals surface area contributed by atoms with E-state index in [9.17, 15) is 13.2 Å². The highest BCUT2D eigenvalue weighted by Crippen LogP contribution is 2.19. The smallest absolute Gasteiger partial charge is 0.224 e. The van der Waals surface area contributed by atoms with Gasteiger partial charge >= 0.3 is 0 Å². The summed E-state index contributed by atoms with van der Waals surface area (Å²) in [6.07, 6.45) is 2.50. The first-order valence-corrected chi connectivity index (χ1v) is 8.04. The second-order valence-electron chi connectivity index (χ2n) is 5.10. The van der Waals surface area contributed by atoms with Crippen LogP contribution >= 0.6 is 0 Å². The zero-order valence-corrected chi connectivity index (χ0v) is 10.9. The minimum absolute atomic E-state index is 0.0212. The Kier molecular flexibility index (Phi) is 3.73. The van der Waals surface area contributed by atoms with Crippen LogP contribution in [0.5, 0.6) is 0 Å². The maximum Gasteiger partial charge on any atom is 0.224 e. The lowest BCUT2D eigenvalue weighted by molar-refractivity contribution is -0.125. The fourth-order valence-corrected chi connectivity index (χ4v) is 4.28. The topological polar surface area (TPSA) is 75.3 Å². The van der Waals surface area contributed by atoms with Crippen molar-refractivity contribution in [2.24, 2.45) is 5.92 Å². The van der Waals surface area contributed by atoms with Crippen LogP contribution in [0.3, 0.4) is 0 Å². The number of carbonyl (C=O) groups is 1. The molecule has 1 amide bonds. The molecule has 3 atom stereocenters. The van der Waals surface area contributed by atoms with Gasteiger partial charge in [-0.25, -0.2) is 8.42 Å². The van der Waals surface area contributed by atoms with Crippen molar-refractivity contribution < 1.29 is 13.2 Å². The molecule has 6 heteroatoms. The average Bonchev–Trinajstić information content (AvgIpc) is 2.62. The first-order valence-electron chi connectivity index (χ1n) is 6.22. The number of hydrogen-bond donors (Lipinski definition) is 2. The molecule has 0 aromatic carbocycles. The summed E-state index contributed by atoms with van der Waals surface area (Å²) in [5.74, 6) is -0.252. The van der Waals surface area contributed by atoms with Crippen LogP contribution < -0.4 is 10.6 Å². The number of rotatable bonds is 2. The molecule has 5 nitrogen and oxygen atoms in total. The van der Waals surface area contributed by atoms with Gasteiger partial charge in [-0.05, 0) is 32.7 Å². The Morgan fingerprint density at radius 3 is 2.71 bits per heavy atom. The summed E-state index contributed by atoms with van der Waals surface area (Å²) >= 11 is 0. The zero-order valence-electron chi connectivity index (χ0n) is 10.1. The first kappa shape index (κ1) is 12.8. The van der Waals surface area contributed by atoms with Crippen molar-refractivity contribution in [3.63, 3.8) is 0 Å². The van der Waals surface area contributed by atoms with E-state index in [0.717, 1.165) is 19.4 Å². The molecule has 2 fully saturated rings. The van der Waals surface area contributed by atoms with E-state index in [2.05, 4.69) is 17.6 Å². The van der Waals surface area contributed by atoms with Crippen LogP contribution in [0.25, 0.3) is 0 Å². The predicted molar refractivity (Wildman–Crippen MR) is 65.4 cm³/mol. The molecule has 2 heterocycles. The van der Waals surface area contributed by atoms with Gasteiger partial charge < -0.3 is 10.6 Å². The Morgan fingerprint density at radius 2 is 2.12 bits per heavy atom. The lowest BCUT2D eigenvalue weighted by Gasteiger charge is -2.31. The van der Waals surface area contributed by atoms with E-state index in [-0.39, 0.29) is 35.4 Å². The Balaban J connectivity index is 1.89. The molecule has 2 N–H and O–H groups in total. The van der Waals surface area contributed by atoms with Gasteiger partial charge in [-0.15, -0.1) is 0 Å². The molecule has 0 aromatic heterocycles. The lowest BCUT2D eigenvalue weighted by Crippen LogP contribution is -2.53. The van der Waals surface area contributed by atoms with Crippen LogP contribution in [-0.4, -0.2) is 44.5 Å². The second kappa shape index (κ2) is 4.94. The Morgan fingerprint density at radius 1 is 1.35 bits per heavy atom. The third-order valence-corrected chi connectivity index (χ3v) is 5.46. The van der Waals surface area contributed by atoms with Gasteiger partial charge in [0.1, 0.15) is 0 Å². The third-order valence-electron chi connectivity index (χ3n) is 3.69. The number of sulfone groups is 1. The van der Waals surface area contributed by atoms with Gasteiger partial charge in [-0.2, -0.15) is 0 Å². The predicted octanol–water partition coefficient (Wildman–Crippen LogP) is -0.322. The van der Waals surface area contributed by atoms with E-state index in [1.54, 1.807) is 0 Å². The Labute approximate surface area is 102 Å². The van der Waals surface area contributed by atoms with Crippen molar-refractivity contribution in [1.29, 1.82) is 0 Å². The lowest BCUT2D eigenvalue weighted by atomic mass is 9.98. The summed E-state index contributed by atoms with van der Waals surface area (Å²) in [4.78, 5) is 11.9. The molecular formula is C11H20N2O3S. The van der Waals surface area contributed by atoms with Crippen molar-refractivity contribution in [2.75, 3.05) is 18.1 Å². The summed E-state index contributed by atoms with van der Waals surface area (Å²) in [7, 11) is -2.97. The number of amides is 1. The molecule has 2 aliphatic heterocycles. The van der Waals surface area contributed by atoms with Gasteiger partial charge in [0, 0.05) is 12.1 Å². The second-order valence-corrected chi connectivity index (χ2v) is 7.33. The molecule has 0 spiro atoms. The van der Waals surface area contributed by atoms with Crippen molar-refractivity contribution in [3.8, 4) is 0 Å². The summed E-state index contributed by atoms with van der Waals surface area (Å²) in [6.45, 7) is 3.04. The number of hydrogen-bond acceptors (Lipinski definition) is 4. The maximum absolute atomic E-state index is 11.9. The summed E-state index contributed by atoms with van der Waals surface area (Å²) in [5.41, 5.74) is 0. The van der Waals surface area contributed by atoms with E-state index < -0.39 is 9.84 Å². The van der Waals surface area contributed by atoms with E-state index in [4.69, 9.17) is 0 Å². The van der Waals surface area contributed by atoms with Gasteiger partial charge in [0.05, 0.1) is 17.4 Å². The monoisotopic (exact) mass is 260 g/mol. The van der Waals surface area contributed by atoms with Crippen molar-refractivity contribution in [1.82, 2.24) is 10.6 Å². The molecule has 98 valence electrons. The number of carbonyl (C=O) groups excluding carboxylic acids is 1. The van der Waals surface area contributed by atoms with Gasteiger partial charge in [-0.1, -0.05) is 0 Å². The van der Waals surface area contributed by atoms with E-state index in [1.807, 2.05) is 0 Å². The average molecular weight is 260 g/mol. The third kappa shape index (κ3) is 3.19. The van der Waals surface area contributed by atoms with Crippen LogP contribution in [0.2, 0.25) is 0 Å². The maximum atomic E-state index is 11.9.